The molecule has 196 valence electrons. The summed E-state index contributed by atoms with van der Waals surface area (Å²) in [6, 6.07) is 3.80. The molecule has 10 heteroatoms. The van der Waals surface area contributed by atoms with E-state index < -0.39 is 47.4 Å². The zero-order valence-corrected chi connectivity index (χ0v) is 21.5. The topological polar surface area (TPSA) is 160 Å². The lowest BCUT2D eigenvalue weighted by Gasteiger charge is -2.23. The first kappa shape index (κ1) is 30.1. The van der Waals surface area contributed by atoms with Gasteiger partial charge in [-0.05, 0) is 64.2 Å². The Morgan fingerprint density at radius 1 is 0.971 bits per heavy atom. The van der Waals surface area contributed by atoms with Gasteiger partial charge >= 0.3 is 5.97 Å². The lowest BCUT2D eigenvalue weighted by Crippen LogP contribution is -2.54. The summed E-state index contributed by atoms with van der Waals surface area (Å²) >= 11 is 0. The fourth-order valence-electron chi connectivity index (χ4n) is 3.14. The third-order valence-electron chi connectivity index (χ3n) is 4.91. The van der Waals surface area contributed by atoms with Crippen molar-refractivity contribution in [1.29, 1.82) is 0 Å². The molecule has 0 bridgehead atoms. The second-order valence-electron chi connectivity index (χ2n) is 10.00. The second-order valence-corrected chi connectivity index (χ2v) is 10.00. The van der Waals surface area contributed by atoms with Gasteiger partial charge in [0, 0.05) is 12.1 Å². The van der Waals surface area contributed by atoms with Gasteiger partial charge in [0.2, 0.25) is 17.7 Å². The van der Waals surface area contributed by atoms with E-state index in [9.17, 15) is 24.3 Å². The van der Waals surface area contributed by atoms with Crippen LogP contribution in [0.25, 0.3) is 0 Å². The number of nitrogens with one attached hydrogen (secondary N) is 3. The summed E-state index contributed by atoms with van der Waals surface area (Å²) in [4.78, 5) is 50.2. The molecular weight excluding hydrogens is 452 g/mol. The molecule has 0 fully saturated rings. The molecule has 6 N–H and O–H groups in total. The smallest absolute Gasteiger partial charge is 0.306 e. The van der Waals surface area contributed by atoms with Gasteiger partial charge in [0.1, 0.15) is 17.7 Å². The lowest BCUT2D eigenvalue weighted by molar-refractivity contribution is -0.155. The van der Waals surface area contributed by atoms with Crippen LogP contribution in [0, 0.1) is 5.92 Å². The molecule has 0 heterocycles. The molecule has 3 unspecified atom stereocenters. The van der Waals surface area contributed by atoms with Crippen LogP contribution in [0.4, 0.5) is 5.69 Å². The van der Waals surface area contributed by atoms with Crippen molar-refractivity contribution in [2.45, 2.75) is 91.1 Å². The first-order chi connectivity index (χ1) is 16.2. The zero-order valence-electron chi connectivity index (χ0n) is 21.5. The van der Waals surface area contributed by atoms with Crippen molar-refractivity contribution < 1.29 is 29.0 Å². The van der Waals surface area contributed by atoms with Crippen LogP contribution in [-0.4, -0.2) is 52.5 Å². The molecule has 1 rings (SSSR count). The van der Waals surface area contributed by atoms with Crippen molar-refractivity contribution in [2.24, 2.45) is 11.7 Å². The Kier molecular flexibility index (Phi) is 11.8. The van der Waals surface area contributed by atoms with Crippen LogP contribution in [0.1, 0.15) is 66.4 Å². The van der Waals surface area contributed by atoms with Crippen LogP contribution < -0.4 is 21.7 Å². The van der Waals surface area contributed by atoms with Gasteiger partial charge < -0.3 is 31.5 Å². The van der Waals surface area contributed by atoms with E-state index >= 15 is 0 Å². The number of nitrogens with two attached hydrogens (primary N) is 1. The van der Waals surface area contributed by atoms with Gasteiger partial charge in [0.05, 0.1) is 12.6 Å². The van der Waals surface area contributed by atoms with Gasteiger partial charge in [0.25, 0.3) is 0 Å². The molecule has 0 spiro atoms. The average molecular weight is 493 g/mol. The van der Waals surface area contributed by atoms with Gasteiger partial charge in [-0.2, -0.15) is 0 Å². The maximum absolute atomic E-state index is 12.9. The first-order valence-electron chi connectivity index (χ1n) is 11.8. The molecule has 0 aliphatic heterocycles. The SMILES string of the molecule is CC(C)CC(N)C(=O)NC(C)C(=O)NC(CCC(=O)OC(C)(C)C)C(=O)Nc1ccc(CO)cc1. The predicted octanol–water partition coefficient (Wildman–Crippen LogP) is 1.60. The predicted molar refractivity (Wildman–Crippen MR) is 133 cm³/mol. The third-order valence-corrected chi connectivity index (χ3v) is 4.91. The molecule has 0 saturated heterocycles. The van der Waals surface area contributed by atoms with Crippen LogP contribution in [0.5, 0.6) is 0 Å². The number of aliphatic hydroxyl groups is 1. The number of esters is 1. The maximum atomic E-state index is 12.9. The molecular formula is C25H40N4O6. The van der Waals surface area contributed by atoms with Crippen molar-refractivity contribution in [3.63, 3.8) is 0 Å². The highest BCUT2D eigenvalue weighted by molar-refractivity contribution is 5.98. The van der Waals surface area contributed by atoms with Crippen LogP contribution in [0.15, 0.2) is 24.3 Å². The molecule has 0 aliphatic rings. The van der Waals surface area contributed by atoms with Crippen LogP contribution >= 0.6 is 0 Å². The highest BCUT2D eigenvalue weighted by atomic mass is 16.6. The number of benzene rings is 1. The Balaban J connectivity index is 2.88. The van der Waals surface area contributed by atoms with Crippen molar-refractivity contribution in [3.8, 4) is 0 Å². The minimum Gasteiger partial charge on any atom is -0.460 e. The highest BCUT2D eigenvalue weighted by Crippen LogP contribution is 2.13. The van der Waals surface area contributed by atoms with Gasteiger partial charge in [-0.15, -0.1) is 0 Å². The molecule has 3 atom stereocenters. The number of carbonyl (C=O) groups excluding carboxylic acids is 4. The van der Waals surface area contributed by atoms with Crippen LogP contribution in [0.3, 0.4) is 0 Å². The third kappa shape index (κ3) is 11.8. The Hall–Kier alpha value is -2.98. The Bertz CT molecular complexity index is 864. The molecule has 0 aliphatic carbocycles. The highest BCUT2D eigenvalue weighted by Gasteiger charge is 2.27. The largest absolute Gasteiger partial charge is 0.460 e. The summed E-state index contributed by atoms with van der Waals surface area (Å²) in [6.45, 7) is 10.5. The van der Waals surface area contributed by atoms with Gasteiger partial charge in [0.15, 0.2) is 0 Å². The number of aliphatic hydroxyl groups excluding tert-OH is 1. The number of ether oxygens (including phenoxy) is 1. The lowest BCUT2D eigenvalue weighted by atomic mass is 10.0. The molecule has 1 aromatic rings. The normalized spacial score (nSPS) is 14.0. The number of carbonyl (C=O) groups is 4. The number of hydrogen-bond donors (Lipinski definition) is 5. The van der Waals surface area contributed by atoms with E-state index in [1.54, 1.807) is 45.0 Å². The van der Waals surface area contributed by atoms with E-state index in [2.05, 4.69) is 16.0 Å². The molecule has 0 saturated carbocycles. The molecule has 35 heavy (non-hydrogen) atoms. The quantitative estimate of drug-likeness (QED) is 0.277. The van der Waals surface area contributed by atoms with Crippen LogP contribution in [0.2, 0.25) is 0 Å². The zero-order chi connectivity index (χ0) is 26.8. The van der Waals surface area contributed by atoms with E-state index in [0.717, 1.165) is 0 Å². The molecule has 3 amide bonds. The summed E-state index contributed by atoms with van der Waals surface area (Å²) in [5, 5.41) is 17.0. The minimum atomic E-state index is -1.06. The number of hydrogen-bond acceptors (Lipinski definition) is 7. The summed E-state index contributed by atoms with van der Waals surface area (Å²) in [5.74, 6) is -1.87. The van der Waals surface area contributed by atoms with Crippen molar-refractivity contribution in [1.82, 2.24) is 10.6 Å². The van der Waals surface area contributed by atoms with E-state index in [-0.39, 0.29) is 25.4 Å². The number of anilines is 1. The Morgan fingerprint density at radius 3 is 2.09 bits per heavy atom. The minimum absolute atomic E-state index is 0.00522. The van der Waals surface area contributed by atoms with Crippen molar-refractivity contribution >= 4 is 29.4 Å². The summed E-state index contributed by atoms with van der Waals surface area (Å²) < 4.78 is 5.30. The average Bonchev–Trinajstić information content (AvgIpc) is 2.75. The fourth-order valence-corrected chi connectivity index (χ4v) is 3.14. The molecule has 0 aromatic heterocycles. The van der Waals surface area contributed by atoms with Gasteiger partial charge in [-0.1, -0.05) is 26.0 Å². The van der Waals surface area contributed by atoms with E-state index in [0.29, 0.717) is 17.7 Å². The van der Waals surface area contributed by atoms with Gasteiger partial charge in [-0.3, -0.25) is 19.2 Å². The van der Waals surface area contributed by atoms with Crippen molar-refractivity contribution in [2.75, 3.05) is 5.32 Å². The van der Waals surface area contributed by atoms with Crippen LogP contribution in [-0.2, 0) is 30.5 Å². The number of rotatable bonds is 12. The fraction of sp³-hybridized carbons (Fsp3) is 0.600. The summed E-state index contributed by atoms with van der Waals surface area (Å²) in [7, 11) is 0. The van der Waals surface area contributed by atoms with Crippen molar-refractivity contribution in [3.05, 3.63) is 29.8 Å². The second kappa shape index (κ2) is 13.8. The summed E-state index contributed by atoms with van der Waals surface area (Å²) in [6.07, 6.45) is 0.365. The molecule has 10 nitrogen and oxygen atoms in total. The van der Waals surface area contributed by atoms with Gasteiger partial charge in [-0.25, -0.2) is 0 Å². The molecule has 0 radical (unpaired) electrons. The van der Waals surface area contributed by atoms with E-state index in [1.807, 2.05) is 13.8 Å². The van der Waals surface area contributed by atoms with E-state index in [4.69, 9.17) is 10.5 Å². The maximum Gasteiger partial charge on any atom is 0.306 e. The Morgan fingerprint density at radius 2 is 1.57 bits per heavy atom. The summed E-state index contributed by atoms with van der Waals surface area (Å²) in [5.41, 5.74) is 6.34. The first-order valence-corrected chi connectivity index (χ1v) is 11.8. The Labute approximate surface area is 207 Å². The van der Waals surface area contributed by atoms with E-state index in [1.165, 1.54) is 6.92 Å². The monoisotopic (exact) mass is 492 g/mol. The number of amides is 3. The molecule has 1 aromatic carbocycles. The standard InChI is InChI=1S/C25H40N4O6/c1-15(2)13-19(26)23(33)27-16(3)22(32)29-20(11-12-21(31)35-25(4,5)6)24(34)28-18-9-7-17(14-30)8-10-18/h7-10,15-16,19-20,30H,11-14,26H2,1-6H3,(H,27,33)(H,28,34)(H,29,32).